The van der Waals surface area contributed by atoms with Crippen molar-refractivity contribution in [3.8, 4) is 0 Å². The van der Waals surface area contributed by atoms with E-state index in [0.29, 0.717) is 9.79 Å². The quantitative estimate of drug-likeness (QED) is 0.811. The summed E-state index contributed by atoms with van der Waals surface area (Å²) in [6, 6.07) is 15.7. The number of rotatable bonds is 4. The summed E-state index contributed by atoms with van der Waals surface area (Å²) in [6.45, 7) is 0.867. The molecule has 20 heavy (non-hydrogen) atoms. The summed E-state index contributed by atoms with van der Waals surface area (Å²) < 4.78 is 25.7. The van der Waals surface area contributed by atoms with Crippen molar-refractivity contribution in [2.45, 2.75) is 16.3 Å². The van der Waals surface area contributed by atoms with Crippen LogP contribution in [0.5, 0.6) is 0 Å². The van der Waals surface area contributed by atoms with Gasteiger partial charge in [0, 0.05) is 5.56 Å². The molecule has 0 aliphatic heterocycles. The van der Waals surface area contributed by atoms with E-state index in [0.717, 1.165) is 16.6 Å². The number of hydrogen-bond donors (Lipinski definition) is 0. The first-order chi connectivity index (χ1) is 9.29. The van der Waals surface area contributed by atoms with E-state index in [1.165, 1.54) is 0 Å². The largest absolute Gasteiger partial charge is 0.327 e. The second-order valence-corrected chi connectivity index (χ2v) is 7.86. The summed E-state index contributed by atoms with van der Waals surface area (Å²) in [4.78, 5) is 0.674. The van der Waals surface area contributed by atoms with Crippen molar-refractivity contribution in [3.63, 3.8) is 0 Å². The minimum atomic E-state index is -3.40. The Kier molecular flexibility index (Phi) is 3.97. The molecule has 3 nitrogen and oxygen atoms in total. The molecule has 2 aromatic rings. The van der Waals surface area contributed by atoms with Crippen LogP contribution in [-0.4, -0.2) is 34.0 Å². The summed E-state index contributed by atoms with van der Waals surface area (Å²) in [7, 11) is 2.91. The smallest absolute Gasteiger partial charge is 0.206 e. The zero-order chi connectivity index (χ0) is 14.8. The van der Waals surface area contributed by atoms with Gasteiger partial charge < -0.3 is 4.48 Å². The van der Waals surface area contributed by atoms with Crippen LogP contribution < -0.4 is 0 Å². The Morgan fingerprint density at radius 3 is 1.80 bits per heavy atom. The molecule has 0 spiro atoms. The molecule has 0 aromatic heterocycles. The number of benzene rings is 2. The van der Waals surface area contributed by atoms with Gasteiger partial charge in [-0.25, -0.2) is 8.42 Å². The van der Waals surface area contributed by atoms with Crippen LogP contribution in [-0.2, 0) is 16.4 Å². The Balaban J connectivity index is 2.31. The molecule has 0 N–H and O–H groups in total. The van der Waals surface area contributed by atoms with Gasteiger partial charge in [0.05, 0.1) is 30.9 Å². The molecule has 0 radical (unpaired) electrons. The molecule has 106 valence electrons. The Morgan fingerprint density at radius 2 is 1.30 bits per heavy atom. The average Bonchev–Trinajstić information content (AvgIpc) is 2.38. The van der Waals surface area contributed by atoms with Gasteiger partial charge >= 0.3 is 0 Å². The van der Waals surface area contributed by atoms with Gasteiger partial charge in [0.15, 0.2) is 0 Å². The first kappa shape index (κ1) is 14.8. The van der Waals surface area contributed by atoms with E-state index in [2.05, 4.69) is 21.1 Å². The predicted molar refractivity (Wildman–Crippen MR) is 80.1 cm³/mol. The van der Waals surface area contributed by atoms with Crippen molar-refractivity contribution in [2.24, 2.45) is 0 Å². The minimum Gasteiger partial charge on any atom is -0.327 e. The second kappa shape index (κ2) is 5.38. The van der Waals surface area contributed by atoms with Crippen LogP contribution >= 0.6 is 0 Å². The van der Waals surface area contributed by atoms with E-state index in [-0.39, 0.29) is 0 Å². The molecular formula is C16H20NO2S+. The summed E-state index contributed by atoms with van der Waals surface area (Å²) in [5, 5.41) is 0. The Labute approximate surface area is 121 Å². The standard InChI is InChI=1S/C16H20NO2S/c1-17(2,3)13-14-9-11-16(12-10-14)20(18,19)15-7-5-4-6-8-15/h4-12H,13H2,1-3H3/q+1. The zero-order valence-electron chi connectivity index (χ0n) is 12.1. The lowest BCUT2D eigenvalue weighted by Gasteiger charge is -2.23. The first-order valence-corrected chi connectivity index (χ1v) is 7.97. The molecular weight excluding hydrogens is 270 g/mol. The van der Waals surface area contributed by atoms with E-state index in [9.17, 15) is 8.42 Å². The van der Waals surface area contributed by atoms with Crippen molar-refractivity contribution < 1.29 is 12.9 Å². The number of sulfone groups is 1. The molecule has 0 saturated heterocycles. The lowest BCUT2D eigenvalue weighted by Crippen LogP contribution is -2.33. The molecule has 0 amide bonds. The molecule has 0 atom stereocenters. The third kappa shape index (κ3) is 3.46. The van der Waals surface area contributed by atoms with Crippen LogP contribution in [0.4, 0.5) is 0 Å². The molecule has 0 aliphatic rings. The minimum absolute atomic E-state index is 0.333. The normalized spacial score (nSPS) is 12.3. The van der Waals surface area contributed by atoms with Crippen molar-refractivity contribution in [1.82, 2.24) is 0 Å². The monoisotopic (exact) mass is 290 g/mol. The van der Waals surface area contributed by atoms with Crippen LogP contribution in [0.15, 0.2) is 64.4 Å². The Hall–Kier alpha value is -1.65. The van der Waals surface area contributed by atoms with E-state index in [1.54, 1.807) is 36.4 Å². The molecule has 0 fully saturated rings. The Bertz CT molecular complexity index is 669. The maximum atomic E-state index is 12.4. The lowest BCUT2D eigenvalue weighted by molar-refractivity contribution is -0.884. The molecule has 0 unspecified atom stereocenters. The highest BCUT2D eigenvalue weighted by atomic mass is 32.2. The lowest BCUT2D eigenvalue weighted by atomic mass is 10.2. The van der Waals surface area contributed by atoms with Crippen LogP contribution in [0.1, 0.15) is 5.56 Å². The van der Waals surface area contributed by atoms with Gasteiger partial charge in [-0.05, 0) is 24.3 Å². The van der Waals surface area contributed by atoms with E-state index in [4.69, 9.17) is 0 Å². The summed E-state index contributed by atoms with van der Waals surface area (Å²) in [5.41, 5.74) is 1.13. The summed E-state index contributed by atoms with van der Waals surface area (Å²) in [5.74, 6) is 0. The first-order valence-electron chi connectivity index (χ1n) is 6.49. The zero-order valence-corrected chi connectivity index (χ0v) is 12.9. The van der Waals surface area contributed by atoms with Gasteiger partial charge in [-0.15, -0.1) is 0 Å². The summed E-state index contributed by atoms with van der Waals surface area (Å²) in [6.07, 6.45) is 0. The molecule has 0 saturated carbocycles. The fraction of sp³-hybridized carbons (Fsp3) is 0.250. The Morgan fingerprint density at radius 1 is 0.800 bits per heavy atom. The van der Waals surface area contributed by atoms with Gasteiger partial charge in [0.1, 0.15) is 6.54 Å². The third-order valence-corrected chi connectivity index (χ3v) is 4.73. The van der Waals surface area contributed by atoms with Crippen molar-refractivity contribution in [3.05, 3.63) is 60.2 Å². The summed E-state index contributed by atoms with van der Waals surface area (Å²) >= 11 is 0. The molecule has 0 bridgehead atoms. The van der Waals surface area contributed by atoms with Crippen LogP contribution in [0.2, 0.25) is 0 Å². The average molecular weight is 290 g/mol. The topological polar surface area (TPSA) is 34.1 Å². The second-order valence-electron chi connectivity index (χ2n) is 5.91. The molecule has 2 rings (SSSR count). The predicted octanol–water partition coefficient (Wildman–Crippen LogP) is 2.73. The molecule has 0 aliphatic carbocycles. The van der Waals surface area contributed by atoms with Gasteiger partial charge in [0.2, 0.25) is 9.84 Å². The number of quaternary nitrogens is 1. The van der Waals surface area contributed by atoms with Crippen LogP contribution in [0.3, 0.4) is 0 Å². The van der Waals surface area contributed by atoms with Gasteiger partial charge in [-0.2, -0.15) is 0 Å². The van der Waals surface area contributed by atoms with Gasteiger partial charge in [-0.3, -0.25) is 0 Å². The van der Waals surface area contributed by atoms with E-state index >= 15 is 0 Å². The molecule has 2 aromatic carbocycles. The van der Waals surface area contributed by atoms with E-state index in [1.807, 2.05) is 18.2 Å². The van der Waals surface area contributed by atoms with Gasteiger partial charge in [-0.1, -0.05) is 30.3 Å². The van der Waals surface area contributed by atoms with Crippen molar-refractivity contribution in [1.29, 1.82) is 0 Å². The molecule has 0 heterocycles. The molecule has 4 heteroatoms. The van der Waals surface area contributed by atoms with Gasteiger partial charge in [0.25, 0.3) is 0 Å². The van der Waals surface area contributed by atoms with Crippen molar-refractivity contribution in [2.75, 3.05) is 21.1 Å². The number of hydrogen-bond acceptors (Lipinski definition) is 2. The highest BCUT2D eigenvalue weighted by Crippen LogP contribution is 2.21. The third-order valence-electron chi connectivity index (χ3n) is 2.94. The highest BCUT2D eigenvalue weighted by molar-refractivity contribution is 7.91. The van der Waals surface area contributed by atoms with Crippen molar-refractivity contribution >= 4 is 9.84 Å². The highest BCUT2D eigenvalue weighted by Gasteiger charge is 2.17. The fourth-order valence-electron chi connectivity index (χ4n) is 2.06. The van der Waals surface area contributed by atoms with Crippen LogP contribution in [0, 0.1) is 0 Å². The number of nitrogens with zero attached hydrogens (tertiary/aromatic N) is 1. The maximum Gasteiger partial charge on any atom is 0.206 e. The maximum absolute atomic E-state index is 12.4. The SMILES string of the molecule is C[N+](C)(C)Cc1ccc(S(=O)(=O)c2ccccc2)cc1. The van der Waals surface area contributed by atoms with E-state index < -0.39 is 9.84 Å². The van der Waals surface area contributed by atoms with Crippen LogP contribution in [0.25, 0.3) is 0 Å². The fourth-order valence-corrected chi connectivity index (χ4v) is 3.34.